The van der Waals surface area contributed by atoms with Crippen LogP contribution in [0.5, 0.6) is 0 Å². The van der Waals surface area contributed by atoms with Crippen LogP contribution in [0.4, 0.5) is 0 Å². The predicted molar refractivity (Wildman–Crippen MR) is 94.8 cm³/mol. The fourth-order valence-corrected chi connectivity index (χ4v) is 3.42. The van der Waals surface area contributed by atoms with Crippen molar-refractivity contribution < 1.29 is 4.79 Å². The van der Waals surface area contributed by atoms with E-state index in [0.717, 1.165) is 49.2 Å². The standard InChI is InChI=1S/C20H21N3O/c24-20(22-12-6-7-13-22)15-23-18-11-5-4-10-17(18)21-19(23)14-16-8-2-1-3-9-16/h1-5,8-11H,6-7,12-15H2. The number of hydrogen-bond donors (Lipinski definition) is 0. The van der Waals surface area contributed by atoms with Gasteiger partial charge in [0.2, 0.25) is 5.91 Å². The van der Waals surface area contributed by atoms with Crippen LogP contribution in [-0.2, 0) is 17.8 Å². The van der Waals surface area contributed by atoms with Crippen LogP contribution >= 0.6 is 0 Å². The minimum Gasteiger partial charge on any atom is -0.341 e. The van der Waals surface area contributed by atoms with Gasteiger partial charge in [-0.05, 0) is 30.5 Å². The number of para-hydroxylation sites is 2. The Kier molecular flexibility index (Phi) is 4.03. The third-order valence-electron chi connectivity index (χ3n) is 4.69. The summed E-state index contributed by atoms with van der Waals surface area (Å²) in [6.45, 7) is 2.15. The molecule has 0 saturated carbocycles. The molecule has 0 radical (unpaired) electrons. The smallest absolute Gasteiger partial charge is 0.242 e. The molecule has 0 atom stereocenters. The van der Waals surface area contributed by atoms with Crippen molar-refractivity contribution in [3.8, 4) is 0 Å². The predicted octanol–water partition coefficient (Wildman–Crippen LogP) is 3.25. The minimum absolute atomic E-state index is 0.199. The lowest BCUT2D eigenvalue weighted by Crippen LogP contribution is -2.31. The van der Waals surface area contributed by atoms with Crippen LogP contribution in [0.1, 0.15) is 24.2 Å². The van der Waals surface area contributed by atoms with E-state index in [1.807, 2.05) is 47.4 Å². The molecular formula is C20H21N3O. The molecule has 3 aromatic rings. The quantitative estimate of drug-likeness (QED) is 0.740. The van der Waals surface area contributed by atoms with Gasteiger partial charge in [-0.3, -0.25) is 4.79 Å². The highest BCUT2D eigenvalue weighted by atomic mass is 16.2. The average molecular weight is 319 g/mol. The molecule has 1 saturated heterocycles. The van der Waals surface area contributed by atoms with Crippen molar-refractivity contribution in [3.05, 3.63) is 66.0 Å². The number of carbonyl (C=O) groups is 1. The first kappa shape index (κ1) is 14.9. The van der Waals surface area contributed by atoms with E-state index in [-0.39, 0.29) is 5.91 Å². The molecule has 1 aliphatic rings. The van der Waals surface area contributed by atoms with E-state index in [0.29, 0.717) is 6.54 Å². The molecule has 1 aromatic heterocycles. The van der Waals surface area contributed by atoms with E-state index in [2.05, 4.69) is 16.7 Å². The molecule has 1 amide bonds. The molecule has 4 heteroatoms. The van der Waals surface area contributed by atoms with Crippen molar-refractivity contribution in [2.24, 2.45) is 0 Å². The molecule has 24 heavy (non-hydrogen) atoms. The van der Waals surface area contributed by atoms with Gasteiger partial charge in [0.05, 0.1) is 11.0 Å². The summed E-state index contributed by atoms with van der Waals surface area (Å²) in [5.41, 5.74) is 3.20. The second-order valence-corrected chi connectivity index (χ2v) is 6.35. The number of aromatic nitrogens is 2. The Bertz CT molecular complexity index is 848. The van der Waals surface area contributed by atoms with Crippen LogP contribution in [-0.4, -0.2) is 33.4 Å². The fourth-order valence-electron chi connectivity index (χ4n) is 3.42. The van der Waals surface area contributed by atoms with Gasteiger partial charge >= 0.3 is 0 Å². The number of nitrogens with zero attached hydrogens (tertiary/aromatic N) is 3. The van der Waals surface area contributed by atoms with Gasteiger partial charge in [-0.2, -0.15) is 0 Å². The van der Waals surface area contributed by atoms with Gasteiger partial charge in [0, 0.05) is 19.5 Å². The highest BCUT2D eigenvalue weighted by molar-refractivity contribution is 5.81. The Balaban J connectivity index is 1.68. The van der Waals surface area contributed by atoms with E-state index < -0.39 is 0 Å². The summed E-state index contributed by atoms with van der Waals surface area (Å²) >= 11 is 0. The molecule has 0 unspecified atom stereocenters. The molecule has 2 heterocycles. The van der Waals surface area contributed by atoms with E-state index in [4.69, 9.17) is 4.98 Å². The highest BCUT2D eigenvalue weighted by Crippen LogP contribution is 2.19. The maximum atomic E-state index is 12.6. The van der Waals surface area contributed by atoms with Gasteiger partial charge in [0.1, 0.15) is 12.4 Å². The SMILES string of the molecule is O=C(Cn1c(Cc2ccccc2)nc2ccccc21)N1CCCC1. The zero-order chi connectivity index (χ0) is 16.4. The summed E-state index contributed by atoms with van der Waals surface area (Å²) in [6.07, 6.45) is 2.98. The summed E-state index contributed by atoms with van der Waals surface area (Å²) < 4.78 is 2.09. The summed E-state index contributed by atoms with van der Waals surface area (Å²) in [7, 11) is 0. The third-order valence-corrected chi connectivity index (χ3v) is 4.69. The van der Waals surface area contributed by atoms with Crippen LogP contribution < -0.4 is 0 Å². The van der Waals surface area contributed by atoms with Crippen LogP contribution in [0, 0.1) is 0 Å². The van der Waals surface area contributed by atoms with Gasteiger partial charge in [0.15, 0.2) is 0 Å². The molecule has 122 valence electrons. The van der Waals surface area contributed by atoms with Crippen LogP contribution in [0.3, 0.4) is 0 Å². The fraction of sp³-hybridized carbons (Fsp3) is 0.300. The van der Waals surface area contributed by atoms with Gasteiger partial charge in [0.25, 0.3) is 0 Å². The second kappa shape index (κ2) is 6.48. The first-order valence-electron chi connectivity index (χ1n) is 8.57. The maximum absolute atomic E-state index is 12.6. The number of amides is 1. The largest absolute Gasteiger partial charge is 0.341 e. The lowest BCUT2D eigenvalue weighted by atomic mass is 10.1. The van der Waals surface area contributed by atoms with Crippen molar-refractivity contribution >= 4 is 16.9 Å². The van der Waals surface area contributed by atoms with Crippen molar-refractivity contribution in [2.75, 3.05) is 13.1 Å². The number of hydrogen-bond acceptors (Lipinski definition) is 2. The Labute approximate surface area is 141 Å². The summed E-state index contributed by atoms with van der Waals surface area (Å²) in [5.74, 6) is 1.15. The van der Waals surface area contributed by atoms with Gasteiger partial charge in [-0.1, -0.05) is 42.5 Å². The molecule has 0 bridgehead atoms. The average Bonchev–Trinajstić information content (AvgIpc) is 3.25. The van der Waals surface area contributed by atoms with Crippen molar-refractivity contribution in [3.63, 3.8) is 0 Å². The number of benzene rings is 2. The zero-order valence-electron chi connectivity index (χ0n) is 13.7. The van der Waals surface area contributed by atoms with Crippen LogP contribution in [0.15, 0.2) is 54.6 Å². The van der Waals surface area contributed by atoms with Gasteiger partial charge in [-0.25, -0.2) is 4.98 Å². The van der Waals surface area contributed by atoms with Gasteiger partial charge < -0.3 is 9.47 Å². The molecule has 1 aliphatic heterocycles. The number of likely N-dealkylation sites (tertiary alicyclic amines) is 1. The summed E-state index contributed by atoms with van der Waals surface area (Å²) in [5, 5.41) is 0. The Morgan fingerprint density at radius 1 is 0.958 bits per heavy atom. The summed E-state index contributed by atoms with van der Waals surface area (Å²) in [4.78, 5) is 19.4. The van der Waals surface area contributed by atoms with Crippen molar-refractivity contribution in [2.45, 2.75) is 25.8 Å². The number of rotatable bonds is 4. The number of imidazole rings is 1. The molecule has 1 fully saturated rings. The molecule has 4 nitrogen and oxygen atoms in total. The van der Waals surface area contributed by atoms with Crippen LogP contribution in [0.25, 0.3) is 11.0 Å². The highest BCUT2D eigenvalue weighted by Gasteiger charge is 2.20. The monoisotopic (exact) mass is 319 g/mol. The molecule has 4 rings (SSSR count). The minimum atomic E-state index is 0.199. The van der Waals surface area contributed by atoms with E-state index in [1.165, 1.54) is 5.56 Å². The maximum Gasteiger partial charge on any atom is 0.242 e. The van der Waals surface area contributed by atoms with E-state index >= 15 is 0 Å². The first-order valence-corrected chi connectivity index (χ1v) is 8.57. The zero-order valence-corrected chi connectivity index (χ0v) is 13.7. The first-order chi connectivity index (χ1) is 11.8. The van der Waals surface area contributed by atoms with E-state index in [1.54, 1.807) is 0 Å². The molecule has 2 aromatic carbocycles. The topological polar surface area (TPSA) is 38.1 Å². The lowest BCUT2D eigenvalue weighted by molar-refractivity contribution is -0.130. The van der Waals surface area contributed by atoms with Crippen molar-refractivity contribution in [1.29, 1.82) is 0 Å². The molecule has 0 spiro atoms. The Morgan fingerprint density at radius 3 is 2.46 bits per heavy atom. The van der Waals surface area contributed by atoms with Crippen molar-refractivity contribution in [1.82, 2.24) is 14.5 Å². The third kappa shape index (κ3) is 2.92. The summed E-state index contributed by atoms with van der Waals surface area (Å²) in [6, 6.07) is 18.4. The molecule has 0 N–H and O–H groups in total. The molecule has 0 aliphatic carbocycles. The van der Waals surface area contributed by atoms with Gasteiger partial charge in [-0.15, -0.1) is 0 Å². The van der Waals surface area contributed by atoms with E-state index in [9.17, 15) is 4.79 Å². The second-order valence-electron chi connectivity index (χ2n) is 6.35. The number of carbonyl (C=O) groups excluding carboxylic acids is 1. The normalized spacial score (nSPS) is 14.4. The van der Waals surface area contributed by atoms with Crippen LogP contribution in [0.2, 0.25) is 0 Å². The number of fused-ring (bicyclic) bond motifs is 1. The Morgan fingerprint density at radius 2 is 1.67 bits per heavy atom. The molecular weight excluding hydrogens is 298 g/mol. The Hall–Kier alpha value is -2.62. The lowest BCUT2D eigenvalue weighted by Gasteiger charge is -2.17.